The van der Waals surface area contributed by atoms with Crippen LogP contribution >= 0.6 is 0 Å². The van der Waals surface area contributed by atoms with Gasteiger partial charge in [0.2, 0.25) is 0 Å². The first-order chi connectivity index (χ1) is 9.29. The van der Waals surface area contributed by atoms with Gasteiger partial charge in [-0.2, -0.15) is 0 Å². The Kier molecular flexibility index (Phi) is 2.73. The highest BCUT2D eigenvalue weighted by molar-refractivity contribution is 5.98. The molecular weight excluding hydrogens is 234 g/mol. The third-order valence-corrected chi connectivity index (χ3v) is 5.29. The standard InChI is InChI=1S/C17H21NO/c19-17(11-18-10-12-4-7-16(18)8-12)15-6-5-13-2-1-3-14(13)9-15/h5-6,9,12,16H,1-4,7-8,10-11H2. The van der Waals surface area contributed by atoms with Gasteiger partial charge in [0.15, 0.2) is 5.78 Å². The smallest absolute Gasteiger partial charge is 0.176 e. The third-order valence-electron chi connectivity index (χ3n) is 5.29. The van der Waals surface area contributed by atoms with Crippen LogP contribution in [0.25, 0.3) is 0 Å². The Hall–Kier alpha value is -1.15. The lowest BCUT2D eigenvalue weighted by atomic mass is 10.0. The van der Waals surface area contributed by atoms with Gasteiger partial charge in [-0.1, -0.05) is 12.1 Å². The van der Waals surface area contributed by atoms with Crippen molar-refractivity contribution in [3.8, 4) is 0 Å². The third kappa shape index (κ3) is 2.02. The lowest BCUT2D eigenvalue weighted by molar-refractivity contribution is 0.0905. The Morgan fingerprint density at radius 3 is 2.89 bits per heavy atom. The lowest BCUT2D eigenvalue weighted by Gasteiger charge is -2.25. The number of hydrogen-bond donors (Lipinski definition) is 0. The minimum absolute atomic E-state index is 0.322. The van der Waals surface area contributed by atoms with E-state index in [-0.39, 0.29) is 0 Å². The van der Waals surface area contributed by atoms with Crippen LogP contribution in [0, 0.1) is 5.92 Å². The van der Waals surface area contributed by atoms with Crippen molar-refractivity contribution in [3.05, 3.63) is 34.9 Å². The highest BCUT2D eigenvalue weighted by Gasteiger charge is 2.38. The van der Waals surface area contributed by atoms with Gasteiger partial charge in [0.1, 0.15) is 0 Å². The fourth-order valence-electron chi connectivity index (χ4n) is 4.24. The number of piperidine rings is 1. The van der Waals surface area contributed by atoms with E-state index in [0.717, 1.165) is 24.4 Å². The van der Waals surface area contributed by atoms with Gasteiger partial charge in [-0.15, -0.1) is 0 Å². The number of carbonyl (C=O) groups is 1. The Bertz CT molecular complexity index is 522. The predicted molar refractivity (Wildman–Crippen MR) is 75.5 cm³/mol. The first-order valence-corrected chi connectivity index (χ1v) is 7.68. The van der Waals surface area contributed by atoms with Gasteiger partial charge < -0.3 is 0 Å². The lowest BCUT2D eigenvalue weighted by Crippen LogP contribution is -2.36. The van der Waals surface area contributed by atoms with E-state index < -0.39 is 0 Å². The predicted octanol–water partition coefficient (Wildman–Crippen LogP) is 2.84. The molecule has 1 aliphatic heterocycles. The maximum atomic E-state index is 12.4. The minimum atomic E-state index is 0.322. The SMILES string of the molecule is O=C(CN1CC2CCC1C2)c1ccc2c(c1)CCC2. The summed E-state index contributed by atoms with van der Waals surface area (Å²) in [6.45, 7) is 1.79. The van der Waals surface area contributed by atoms with Crippen LogP contribution in [0.4, 0.5) is 0 Å². The van der Waals surface area contributed by atoms with Crippen molar-refractivity contribution in [2.45, 2.75) is 44.6 Å². The van der Waals surface area contributed by atoms with E-state index in [1.807, 2.05) is 6.07 Å². The van der Waals surface area contributed by atoms with Crippen molar-refractivity contribution < 1.29 is 4.79 Å². The number of carbonyl (C=O) groups excluding carboxylic acids is 1. The molecule has 2 unspecified atom stereocenters. The zero-order chi connectivity index (χ0) is 12.8. The molecule has 1 aromatic rings. The number of fused-ring (bicyclic) bond motifs is 3. The van der Waals surface area contributed by atoms with Crippen molar-refractivity contribution in [2.75, 3.05) is 13.1 Å². The van der Waals surface area contributed by atoms with Gasteiger partial charge >= 0.3 is 0 Å². The summed E-state index contributed by atoms with van der Waals surface area (Å²) in [5.41, 5.74) is 3.80. The van der Waals surface area contributed by atoms with E-state index in [0.29, 0.717) is 18.4 Å². The summed E-state index contributed by atoms with van der Waals surface area (Å²) in [7, 11) is 0. The van der Waals surface area contributed by atoms with Crippen LogP contribution < -0.4 is 0 Å². The molecule has 0 radical (unpaired) electrons. The zero-order valence-corrected chi connectivity index (χ0v) is 11.4. The monoisotopic (exact) mass is 255 g/mol. The number of ketones is 1. The Labute approximate surface area is 114 Å². The average Bonchev–Trinajstić information content (AvgIpc) is 3.13. The van der Waals surface area contributed by atoms with Crippen molar-refractivity contribution in [1.82, 2.24) is 4.90 Å². The molecule has 2 heteroatoms. The van der Waals surface area contributed by atoms with Crippen LogP contribution in [0.5, 0.6) is 0 Å². The van der Waals surface area contributed by atoms with Crippen LogP contribution in [0.3, 0.4) is 0 Å². The highest BCUT2D eigenvalue weighted by Crippen LogP contribution is 2.37. The second kappa shape index (κ2) is 4.45. The molecule has 0 spiro atoms. The summed E-state index contributed by atoms with van der Waals surface area (Å²) in [5, 5.41) is 0. The second-order valence-corrected chi connectivity index (χ2v) is 6.52. The topological polar surface area (TPSA) is 20.3 Å². The summed E-state index contributed by atoms with van der Waals surface area (Å²) >= 11 is 0. The number of aryl methyl sites for hydroxylation is 2. The molecule has 2 fully saturated rings. The van der Waals surface area contributed by atoms with Gasteiger partial charge in [-0.05, 0) is 61.6 Å². The van der Waals surface area contributed by atoms with Crippen LogP contribution in [0.1, 0.15) is 47.2 Å². The summed E-state index contributed by atoms with van der Waals surface area (Å²) in [4.78, 5) is 14.9. The number of likely N-dealkylation sites (tertiary alicyclic amines) is 1. The largest absolute Gasteiger partial charge is 0.293 e. The van der Waals surface area contributed by atoms with Crippen molar-refractivity contribution in [2.24, 2.45) is 5.92 Å². The number of hydrogen-bond acceptors (Lipinski definition) is 2. The molecule has 3 aliphatic rings. The van der Waals surface area contributed by atoms with E-state index in [4.69, 9.17) is 0 Å². The molecule has 1 saturated carbocycles. The Morgan fingerprint density at radius 1 is 1.21 bits per heavy atom. The van der Waals surface area contributed by atoms with Gasteiger partial charge in [0, 0.05) is 18.2 Å². The van der Waals surface area contributed by atoms with Gasteiger partial charge in [-0.25, -0.2) is 0 Å². The first-order valence-electron chi connectivity index (χ1n) is 7.68. The molecule has 2 bridgehead atoms. The quantitative estimate of drug-likeness (QED) is 0.774. The van der Waals surface area contributed by atoms with Gasteiger partial charge in [0.05, 0.1) is 6.54 Å². The maximum absolute atomic E-state index is 12.4. The molecular formula is C17H21NO. The number of nitrogens with zero attached hydrogens (tertiary/aromatic N) is 1. The second-order valence-electron chi connectivity index (χ2n) is 6.52. The summed E-state index contributed by atoms with van der Waals surface area (Å²) in [6, 6.07) is 7.06. The first kappa shape index (κ1) is 11.7. The molecule has 0 N–H and O–H groups in total. The fraction of sp³-hybridized carbons (Fsp3) is 0.588. The average molecular weight is 255 g/mol. The molecule has 2 aliphatic carbocycles. The molecule has 0 amide bonds. The number of Topliss-reactive ketones (excluding diaryl/α,β-unsaturated/α-hetero) is 1. The zero-order valence-electron chi connectivity index (χ0n) is 11.4. The molecule has 4 rings (SSSR count). The minimum Gasteiger partial charge on any atom is -0.293 e. The van der Waals surface area contributed by atoms with E-state index in [1.54, 1.807) is 0 Å². The Balaban J connectivity index is 1.48. The normalized spacial score (nSPS) is 28.8. The van der Waals surface area contributed by atoms with E-state index in [2.05, 4.69) is 17.0 Å². The van der Waals surface area contributed by atoms with E-state index in [1.165, 1.54) is 43.2 Å². The van der Waals surface area contributed by atoms with E-state index in [9.17, 15) is 4.79 Å². The summed E-state index contributed by atoms with van der Waals surface area (Å²) in [5.74, 6) is 1.19. The molecule has 1 aromatic carbocycles. The molecule has 19 heavy (non-hydrogen) atoms. The Morgan fingerprint density at radius 2 is 2.11 bits per heavy atom. The molecule has 0 aromatic heterocycles. The van der Waals surface area contributed by atoms with Crippen molar-refractivity contribution in [1.29, 1.82) is 0 Å². The van der Waals surface area contributed by atoms with Gasteiger partial charge in [-0.3, -0.25) is 9.69 Å². The molecule has 2 atom stereocenters. The van der Waals surface area contributed by atoms with Crippen LogP contribution in [-0.2, 0) is 12.8 Å². The highest BCUT2D eigenvalue weighted by atomic mass is 16.1. The number of rotatable bonds is 3. The van der Waals surface area contributed by atoms with Crippen LogP contribution in [0.15, 0.2) is 18.2 Å². The molecule has 1 saturated heterocycles. The van der Waals surface area contributed by atoms with Crippen LogP contribution in [0.2, 0.25) is 0 Å². The molecule has 100 valence electrons. The molecule has 1 heterocycles. The summed E-state index contributed by atoms with van der Waals surface area (Å²) in [6.07, 6.45) is 7.63. The summed E-state index contributed by atoms with van der Waals surface area (Å²) < 4.78 is 0. The van der Waals surface area contributed by atoms with Crippen molar-refractivity contribution >= 4 is 5.78 Å². The van der Waals surface area contributed by atoms with Crippen molar-refractivity contribution in [3.63, 3.8) is 0 Å². The van der Waals surface area contributed by atoms with Gasteiger partial charge in [0.25, 0.3) is 0 Å². The number of benzene rings is 1. The fourth-order valence-corrected chi connectivity index (χ4v) is 4.24. The van der Waals surface area contributed by atoms with E-state index >= 15 is 0 Å². The maximum Gasteiger partial charge on any atom is 0.176 e. The molecule has 2 nitrogen and oxygen atoms in total. The van der Waals surface area contributed by atoms with Crippen LogP contribution in [-0.4, -0.2) is 29.8 Å².